The van der Waals surface area contributed by atoms with Gasteiger partial charge >= 0.3 is 0 Å². The molecule has 136 valence electrons. The fourth-order valence-corrected chi connectivity index (χ4v) is 3.47. The second kappa shape index (κ2) is 7.28. The summed E-state index contributed by atoms with van der Waals surface area (Å²) in [5.74, 6) is -0.571. The van der Waals surface area contributed by atoms with Gasteiger partial charge in [0.1, 0.15) is 0 Å². The van der Waals surface area contributed by atoms with Crippen molar-refractivity contribution in [3.8, 4) is 0 Å². The Labute approximate surface area is 159 Å². The first-order valence-corrected chi connectivity index (χ1v) is 10.1. The standard InChI is InChI=1S/C17H16BrN3O4S/c18-12-3-5-13(6-4-12)21-16(22)9-15(17(21)23)20-10-11-1-7-14(8-2-11)26(19,24)25/h1-8,15,20H,9-10H2,(H2,19,24,25)/t15-/m0/s1. The number of rotatable bonds is 5. The molecule has 3 N–H and O–H groups in total. The molecule has 0 saturated carbocycles. The minimum atomic E-state index is -3.74. The van der Waals surface area contributed by atoms with Crippen LogP contribution in [0.25, 0.3) is 0 Å². The normalized spacial score (nSPS) is 17.8. The van der Waals surface area contributed by atoms with Crippen LogP contribution in [0.4, 0.5) is 5.69 Å². The molecule has 0 aliphatic carbocycles. The molecule has 7 nitrogen and oxygen atoms in total. The van der Waals surface area contributed by atoms with Crippen LogP contribution < -0.4 is 15.4 Å². The minimum Gasteiger partial charge on any atom is -0.301 e. The van der Waals surface area contributed by atoms with E-state index in [4.69, 9.17) is 5.14 Å². The number of nitrogens with one attached hydrogen (secondary N) is 1. The van der Waals surface area contributed by atoms with Gasteiger partial charge in [0.05, 0.1) is 23.0 Å². The monoisotopic (exact) mass is 437 g/mol. The zero-order valence-electron chi connectivity index (χ0n) is 13.6. The molecule has 1 aliphatic heterocycles. The molecule has 0 aromatic heterocycles. The zero-order valence-corrected chi connectivity index (χ0v) is 16.0. The van der Waals surface area contributed by atoms with E-state index in [-0.39, 0.29) is 23.1 Å². The highest BCUT2D eigenvalue weighted by molar-refractivity contribution is 9.10. The number of amides is 2. The Balaban J connectivity index is 1.67. The smallest absolute Gasteiger partial charge is 0.251 e. The van der Waals surface area contributed by atoms with Gasteiger partial charge in [-0.3, -0.25) is 9.59 Å². The molecule has 1 aliphatic rings. The van der Waals surface area contributed by atoms with Crippen LogP contribution in [0.2, 0.25) is 0 Å². The van der Waals surface area contributed by atoms with E-state index in [2.05, 4.69) is 21.2 Å². The van der Waals surface area contributed by atoms with E-state index in [0.717, 1.165) is 10.0 Å². The third-order valence-electron chi connectivity index (χ3n) is 4.04. The van der Waals surface area contributed by atoms with Gasteiger partial charge in [-0.2, -0.15) is 0 Å². The maximum Gasteiger partial charge on any atom is 0.251 e. The van der Waals surface area contributed by atoms with E-state index in [1.165, 1.54) is 17.0 Å². The van der Waals surface area contributed by atoms with Crippen LogP contribution in [0.1, 0.15) is 12.0 Å². The van der Waals surface area contributed by atoms with Crippen molar-refractivity contribution in [2.75, 3.05) is 4.90 Å². The van der Waals surface area contributed by atoms with Gasteiger partial charge in [0.2, 0.25) is 15.9 Å². The average Bonchev–Trinajstić information content (AvgIpc) is 2.87. The maximum atomic E-state index is 12.5. The zero-order chi connectivity index (χ0) is 18.9. The predicted molar refractivity (Wildman–Crippen MR) is 99.7 cm³/mol. The molecule has 1 heterocycles. The number of primary sulfonamides is 1. The lowest BCUT2D eigenvalue weighted by atomic mass is 10.2. The Hall–Kier alpha value is -2.07. The van der Waals surface area contributed by atoms with Crippen molar-refractivity contribution in [1.82, 2.24) is 5.32 Å². The average molecular weight is 438 g/mol. The van der Waals surface area contributed by atoms with Gasteiger partial charge in [0, 0.05) is 11.0 Å². The molecule has 1 atom stereocenters. The second-order valence-corrected chi connectivity index (χ2v) is 8.35. The third-order valence-corrected chi connectivity index (χ3v) is 5.49. The molecule has 9 heteroatoms. The molecule has 0 bridgehead atoms. The number of hydrogen-bond acceptors (Lipinski definition) is 5. The molecule has 26 heavy (non-hydrogen) atoms. The number of nitrogens with zero attached hydrogens (tertiary/aromatic N) is 1. The first-order valence-electron chi connectivity index (χ1n) is 7.73. The first-order chi connectivity index (χ1) is 12.3. The van der Waals surface area contributed by atoms with Gasteiger partial charge in [-0.15, -0.1) is 0 Å². The lowest BCUT2D eigenvalue weighted by molar-refractivity contribution is -0.121. The maximum absolute atomic E-state index is 12.5. The van der Waals surface area contributed by atoms with Crippen LogP contribution in [0, 0.1) is 0 Å². The molecular formula is C17H16BrN3O4S. The molecule has 3 rings (SSSR count). The largest absolute Gasteiger partial charge is 0.301 e. The van der Waals surface area contributed by atoms with E-state index >= 15 is 0 Å². The molecule has 2 aromatic carbocycles. The Morgan fingerprint density at radius 2 is 1.69 bits per heavy atom. The number of hydrogen-bond donors (Lipinski definition) is 2. The SMILES string of the molecule is NS(=O)(=O)c1ccc(CN[C@H]2CC(=O)N(c3ccc(Br)cc3)C2=O)cc1. The van der Waals surface area contributed by atoms with E-state index in [0.29, 0.717) is 12.2 Å². The molecular weight excluding hydrogens is 422 g/mol. The van der Waals surface area contributed by atoms with Crippen molar-refractivity contribution in [2.24, 2.45) is 5.14 Å². The van der Waals surface area contributed by atoms with Gasteiger partial charge in [-0.05, 0) is 42.0 Å². The van der Waals surface area contributed by atoms with Gasteiger partial charge < -0.3 is 5.32 Å². The summed E-state index contributed by atoms with van der Waals surface area (Å²) in [7, 11) is -3.74. The minimum absolute atomic E-state index is 0.0229. The summed E-state index contributed by atoms with van der Waals surface area (Å²) in [5.41, 5.74) is 1.31. The summed E-state index contributed by atoms with van der Waals surface area (Å²) in [4.78, 5) is 26.0. The fourth-order valence-electron chi connectivity index (χ4n) is 2.69. The van der Waals surface area contributed by atoms with Gasteiger partial charge in [-0.25, -0.2) is 18.5 Å². The van der Waals surface area contributed by atoms with Crippen LogP contribution >= 0.6 is 15.9 Å². The first kappa shape index (κ1) is 18.7. The summed E-state index contributed by atoms with van der Waals surface area (Å²) in [5, 5.41) is 8.11. The van der Waals surface area contributed by atoms with Crippen molar-refractivity contribution < 1.29 is 18.0 Å². The summed E-state index contributed by atoms with van der Waals surface area (Å²) >= 11 is 3.32. The molecule has 1 saturated heterocycles. The van der Waals surface area contributed by atoms with Crippen molar-refractivity contribution in [1.29, 1.82) is 0 Å². The van der Waals surface area contributed by atoms with Crippen LogP contribution in [0.5, 0.6) is 0 Å². The van der Waals surface area contributed by atoms with Crippen LogP contribution in [0.15, 0.2) is 57.9 Å². The number of nitrogens with two attached hydrogens (primary N) is 1. The van der Waals surface area contributed by atoms with Crippen molar-refractivity contribution >= 4 is 43.5 Å². The molecule has 0 spiro atoms. The Morgan fingerprint density at radius 3 is 2.27 bits per heavy atom. The predicted octanol–water partition coefficient (Wildman–Crippen LogP) is 1.52. The van der Waals surface area contributed by atoms with Gasteiger partial charge in [-0.1, -0.05) is 28.1 Å². The second-order valence-electron chi connectivity index (χ2n) is 5.87. The molecule has 2 aromatic rings. The van der Waals surface area contributed by atoms with Gasteiger partial charge in [0.25, 0.3) is 5.91 Å². The molecule has 2 amide bonds. The highest BCUT2D eigenvalue weighted by Gasteiger charge is 2.39. The van der Waals surface area contributed by atoms with Crippen LogP contribution in [-0.2, 0) is 26.2 Å². The molecule has 0 radical (unpaired) electrons. The summed E-state index contributed by atoms with van der Waals surface area (Å²) in [6, 6.07) is 12.4. The van der Waals surface area contributed by atoms with Crippen molar-refractivity contribution in [3.63, 3.8) is 0 Å². The number of carbonyl (C=O) groups is 2. The van der Waals surface area contributed by atoms with Crippen molar-refractivity contribution in [3.05, 3.63) is 58.6 Å². The fraction of sp³-hybridized carbons (Fsp3) is 0.176. The van der Waals surface area contributed by atoms with Crippen LogP contribution in [0.3, 0.4) is 0 Å². The van der Waals surface area contributed by atoms with Crippen molar-refractivity contribution in [2.45, 2.75) is 23.9 Å². The third kappa shape index (κ3) is 4.01. The Morgan fingerprint density at radius 1 is 1.08 bits per heavy atom. The summed E-state index contributed by atoms with van der Waals surface area (Å²) in [6.45, 7) is 0.322. The Bertz CT molecular complexity index is 943. The van der Waals surface area contributed by atoms with E-state index in [1.807, 2.05) is 0 Å². The molecule has 1 fully saturated rings. The number of imide groups is 1. The van der Waals surface area contributed by atoms with Gasteiger partial charge in [0.15, 0.2) is 0 Å². The van der Waals surface area contributed by atoms with Crippen LogP contribution in [-0.4, -0.2) is 26.3 Å². The summed E-state index contributed by atoms with van der Waals surface area (Å²) in [6.07, 6.45) is 0.0736. The lowest BCUT2D eigenvalue weighted by Gasteiger charge is -2.15. The number of halogens is 1. The lowest BCUT2D eigenvalue weighted by Crippen LogP contribution is -2.38. The number of anilines is 1. The quantitative estimate of drug-likeness (QED) is 0.688. The number of benzene rings is 2. The topological polar surface area (TPSA) is 110 Å². The highest BCUT2D eigenvalue weighted by Crippen LogP contribution is 2.24. The number of carbonyl (C=O) groups excluding carboxylic acids is 2. The summed E-state index contributed by atoms with van der Waals surface area (Å²) < 4.78 is 23.4. The van der Waals surface area contributed by atoms with E-state index in [1.54, 1.807) is 36.4 Å². The Kier molecular flexibility index (Phi) is 5.24. The van der Waals surface area contributed by atoms with E-state index in [9.17, 15) is 18.0 Å². The number of sulfonamides is 1. The van der Waals surface area contributed by atoms with E-state index < -0.39 is 16.1 Å². The molecule has 0 unspecified atom stereocenters. The highest BCUT2D eigenvalue weighted by atomic mass is 79.9.